The van der Waals surface area contributed by atoms with Gasteiger partial charge < -0.3 is 14.8 Å². The maximum absolute atomic E-state index is 11.7. The van der Waals surface area contributed by atoms with E-state index in [-0.39, 0.29) is 12.5 Å². The van der Waals surface area contributed by atoms with Gasteiger partial charge in [-0.15, -0.1) is 11.3 Å². The highest BCUT2D eigenvalue weighted by Crippen LogP contribution is 2.32. The predicted molar refractivity (Wildman–Crippen MR) is 123 cm³/mol. The Bertz CT molecular complexity index is 1160. The summed E-state index contributed by atoms with van der Waals surface area (Å²) in [5.74, 6) is 0.501. The van der Waals surface area contributed by atoms with Gasteiger partial charge in [0.25, 0.3) is 5.91 Å². The first-order chi connectivity index (χ1) is 15.2. The number of rotatable bonds is 7. The standard InChI is InChI=1S/C23H24N4O3S/c1-3-16-4-6-17(7-5-16)13-25-27-20(15-31-23(27)24-10-11-29-2)18-8-9-21-19(12-18)26-22(28)14-30-21/h4-9,12-13,15H,3,10-11,14H2,1-2H3,(H,26,28)/b24-23?,25-13+. The summed E-state index contributed by atoms with van der Waals surface area (Å²) >= 11 is 1.51. The van der Waals surface area contributed by atoms with Crippen LogP contribution in [0.5, 0.6) is 5.75 Å². The molecule has 0 saturated carbocycles. The molecule has 1 amide bonds. The van der Waals surface area contributed by atoms with Gasteiger partial charge in [0.2, 0.25) is 4.80 Å². The second kappa shape index (κ2) is 9.72. The van der Waals surface area contributed by atoms with E-state index in [0.717, 1.165) is 28.0 Å². The number of aromatic nitrogens is 1. The Labute approximate surface area is 184 Å². The Kier molecular flexibility index (Phi) is 6.59. The smallest absolute Gasteiger partial charge is 0.262 e. The van der Waals surface area contributed by atoms with Crippen molar-refractivity contribution in [3.05, 3.63) is 63.8 Å². The molecule has 160 valence electrons. The first-order valence-electron chi connectivity index (χ1n) is 10.1. The molecule has 1 aromatic heterocycles. The quantitative estimate of drug-likeness (QED) is 0.455. The van der Waals surface area contributed by atoms with Gasteiger partial charge in [-0.25, -0.2) is 4.68 Å². The van der Waals surface area contributed by atoms with Crippen LogP contribution in [0.3, 0.4) is 0 Å². The average Bonchev–Trinajstić information content (AvgIpc) is 3.20. The molecule has 1 N–H and O–H groups in total. The fraction of sp³-hybridized carbons (Fsp3) is 0.261. The van der Waals surface area contributed by atoms with Crippen LogP contribution in [0.25, 0.3) is 11.3 Å². The van der Waals surface area contributed by atoms with E-state index in [1.165, 1.54) is 16.9 Å². The minimum atomic E-state index is -0.161. The second-order valence-electron chi connectivity index (χ2n) is 6.98. The minimum Gasteiger partial charge on any atom is -0.482 e. The van der Waals surface area contributed by atoms with Crippen molar-refractivity contribution in [1.29, 1.82) is 0 Å². The van der Waals surface area contributed by atoms with Crippen molar-refractivity contribution in [2.24, 2.45) is 10.1 Å². The maximum atomic E-state index is 11.7. The number of carbonyl (C=O) groups excluding carboxylic acids is 1. The average molecular weight is 437 g/mol. The van der Waals surface area contributed by atoms with Gasteiger partial charge in [-0.2, -0.15) is 5.10 Å². The van der Waals surface area contributed by atoms with Crippen LogP contribution >= 0.6 is 11.3 Å². The number of aryl methyl sites for hydroxylation is 1. The maximum Gasteiger partial charge on any atom is 0.262 e. The largest absolute Gasteiger partial charge is 0.482 e. The molecule has 2 heterocycles. The zero-order valence-electron chi connectivity index (χ0n) is 17.5. The normalized spacial score (nSPS) is 13.9. The van der Waals surface area contributed by atoms with E-state index in [2.05, 4.69) is 41.5 Å². The zero-order valence-corrected chi connectivity index (χ0v) is 18.3. The number of thiazole rings is 1. The molecule has 31 heavy (non-hydrogen) atoms. The third kappa shape index (κ3) is 4.92. The predicted octanol–water partition coefficient (Wildman–Crippen LogP) is 3.54. The summed E-state index contributed by atoms with van der Waals surface area (Å²) in [5.41, 5.74) is 4.74. The van der Waals surface area contributed by atoms with E-state index < -0.39 is 0 Å². The van der Waals surface area contributed by atoms with Gasteiger partial charge >= 0.3 is 0 Å². The molecule has 3 aromatic rings. The number of methoxy groups -OCH3 is 1. The van der Waals surface area contributed by atoms with E-state index in [1.54, 1.807) is 7.11 Å². The third-order valence-electron chi connectivity index (χ3n) is 4.85. The number of carbonyl (C=O) groups is 1. The number of hydrogen-bond donors (Lipinski definition) is 1. The number of amides is 1. The van der Waals surface area contributed by atoms with E-state index in [0.29, 0.717) is 24.6 Å². The molecule has 1 aliphatic heterocycles. The molecular weight excluding hydrogens is 412 g/mol. The van der Waals surface area contributed by atoms with Crippen molar-refractivity contribution in [1.82, 2.24) is 4.68 Å². The van der Waals surface area contributed by atoms with Gasteiger partial charge in [-0.05, 0) is 35.7 Å². The van der Waals surface area contributed by atoms with Gasteiger partial charge in [0, 0.05) is 18.1 Å². The van der Waals surface area contributed by atoms with E-state index in [4.69, 9.17) is 14.6 Å². The van der Waals surface area contributed by atoms with Crippen LogP contribution in [0, 0.1) is 0 Å². The number of anilines is 1. The molecule has 0 bridgehead atoms. The molecule has 4 rings (SSSR count). The number of ether oxygens (including phenoxy) is 2. The summed E-state index contributed by atoms with van der Waals surface area (Å²) in [5, 5.41) is 9.59. The van der Waals surface area contributed by atoms with Crippen molar-refractivity contribution >= 4 is 29.1 Å². The second-order valence-corrected chi connectivity index (χ2v) is 7.81. The Morgan fingerprint density at radius 2 is 2.10 bits per heavy atom. The number of fused-ring (bicyclic) bond motifs is 1. The van der Waals surface area contributed by atoms with Crippen LogP contribution in [-0.2, 0) is 16.0 Å². The Balaban J connectivity index is 1.72. The molecule has 0 unspecified atom stereocenters. The Morgan fingerprint density at radius 3 is 2.87 bits per heavy atom. The first-order valence-corrected chi connectivity index (χ1v) is 11.0. The molecule has 8 heteroatoms. The highest BCUT2D eigenvalue weighted by atomic mass is 32.1. The van der Waals surface area contributed by atoms with Crippen molar-refractivity contribution in [2.75, 3.05) is 32.2 Å². The summed E-state index contributed by atoms with van der Waals surface area (Å²) in [4.78, 5) is 17.1. The highest BCUT2D eigenvalue weighted by molar-refractivity contribution is 7.07. The molecular formula is C23H24N4O3S. The van der Waals surface area contributed by atoms with Crippen molar-refractivity contribution < 1.29 is 14.3 Å². The van der Waals surface area contributed by atoms with Crippen molar-refractivity contribution in [3.8, 4) is 17.0 Å². The lowest BCUT2D eigenvalue weighted by molar-refractivity contribution is -0.118. The van der Waals surface area contributed by atoms with Gasteiger partial charge in [-0.1, -0.05) is 31.2 Å². The number of benzene rings is 2. The zero-order chi connectivity index (χ0) is 21.6. The van der Waals surface area contributed by atoms with E-state index in [1.807, 2.05) is 34.5 Å². The molecule has 0 atom stereocenters. The Hall–Kier alpha value is -3.23. The lowest BCUT2D eigenvalue weighted by Gasteiger charge is -2.18. The summed E-state index contributed by atoms with van der Waals surface area (Å²) in [7, 11) is 1.66. The number of nitrogens with zero attached hydrogens (tertiary/aromatic N) is 3. The van der Waals surface area contributed by atoms with E-state index in [9.17, 15) is 4.79 Å². The van der Waals surface area contributed by atoms with Crippen LogP contribution in [0.4, 0.5) is 5.69 Å². The minimum absolute atomic E-state index is 0.0362. The van der Waals surface area contributed by atoms with Gasteiger partial charge in [0.05, 0.1) is 30.7 Å². The number of nitrogens with one attached hydrogen (secondary N) is 1. The fourth-order valence-corrected chi connectivity index (χ4v) is 4.02. The van der Waals surface area contributed by atoms with Crippen LogP contribution in [0.2, 0.25) is 0 Å². The fourth-order valence-electron chi connectivity index (χ4n) is 3.16. The van der Waals surface area contributed by atoms with Crippen LogP contribution < -0.4 is 14.9 Å². The lowest BCUT2D eigenvalue weighted by atomic mass is 10.1. The summed E-state index contributed by atoms with van der Waals surface area (Å²) in [6, 6.07) is 14.0. The SMILES string of the molecule is CCc1ccc(/C=N/n2c(-c3ccc4c(c3)NC(=O)CO4)csc2=NCCOC)cc1. The summed E-state index contributed by atoms with van der Waals surface area (Å²) in [6.07, 6.45) is 2.83. The molecule has 0 spiro atoms. The van der Waals surface area contributed by atoms with Gasteiger partial charge in [0.1, 0.15) is 5.75 Å². The molecule has 2 aromatic carbocycles. The number of hydrogen-bond acceptors (Lipinski definition) is 6. The topological polar surface area (TPSA) is 77.2 Å². The highest BCUT2D eigenvalue weighted by Gasteiger charge is 2.17. The van der Waals surface area contributed by atoms with Crippen molar-refractivity contribution in [3.63, 3.8) is 0 Å². The van der Waals surface area contributed by atoms with Gasteiger partial charge in [0.15, 0.2) is 6.61 Å². The molecule has 0 fully saturated rings. The Morgan fingerprint density at radius 1 is 1.26 bits per heavy atom. The summed E-state index contributed by atoms with van der Waals surface area (Å²) in [6.45, 7) is 3.26. The van der Waals surface area contributed by atoms with Crippen LogP contribution in [0.1, 0.15) is 18.1 Å². The van der Waals surface area contributed by atoms with Gasteiger partial charge in [-0.3, -0.25) is 9.79 Å². The monoisotopic (exact) mass is 436 g/mol. The first kappa shape index (κ1) is 21.0. The van der Waals surface area contributed by atoms with E-state index >= 15 is 0 Å². The summed E-state index contributed by atoms with van der Waals surface area (Å²) < 4.78 is 12.4. The van der Waals surface area contributed by atoms with Crippen LogP contribution in [-0.4, -0.2) is 43.7 Å². The third-order valence-corrected chi connectivity index (χ3v) is 5.70. The molecule has 0 radical (unpaired) electrons. The molecule has 0 aliphatic carbocycles. The molecule has 0 saturated heterocycles. The molecule has 7 nitrogen and oxygen atoms in total. The van der Waals surface area contributed by atoms with Crippen molar-refractivity contribution in [2.45, 2.75) is 13.3 Å². The molecule has 1 aliphatic rings. The lowest BCUT2D eigenvalue weighted by Crippen LogP contribution is -2.25. The van der Waals surface area contributed by atoms with Crippen LogP contribution in [0.15, 0.2) is 57.9 Å².